The second kappa shape index (κ2) is 13.1. The summed E-state index contributed by atoms with van der Waals surface area (Å²) in [5.41, 5.74) is -0.0686. The zero-order chi connectivity index (χ0) is 28.7. The van der Waals surface area contributed by atoms with Crippen LogP contribution in [0, 0.1) is 6.92 Å². The number of β-amino-alcohol motifs (C(OH)–C–C–N with tert-alkyl or cyclic N) is 1. The molecule has 2 atom stereocenters. The Morgan fingerprint density at radius 1 is 0.842 bits per heavy atom. The zero-order valence-electron chi connectivity index (χ0n) is 23.7. The van der Waals surface area contributed by atoms with E-state index in [9.17, 15) is 23.1 Å². The summed E-state index contributed by atoms with van der Waals surface area (Å²) in [5, 5.41) is 9.38. The standard InChI is InChI=1S/C17H25NO5S.C10H19NO3/c1-13-7-9-15(10-8-13)24(20,21)23-14-6-5-11-18(12-14)16(19)22-17(2,3)4;1-10(2,3)14-9(13)11-6-4-5-8(12)7-11/h7-10,14H,5-6,11-12H2,1-4H3;8,12H,4-7H2,1-3H3. The van der Waals surface area contributed by atoms with Gasteiger partial charge in [-0.05, 0) is 86.3 Å². The van der Waals surface area contributed by atoms with Crippen molar-refractivity contribution in [3.05, 3.63) is 29.8 Å². The number of benzene rings is 1. The Kier molecular flexibility index (Phi) is 11.0. The van der Waals surface area contributed by atoms with Gasteiger partial charge in [0.2, 0.25) is 0 Å². The summed E-state index contributed by atoms with van der Waals surface area (Å²) in [5.74, 6) is 0. The van der Waals surface area contributed by atoms with E-state index in [1.165, 1.54) is 17.0 Å². The van der Waals surface area contributed by atoms with E-state index in [1.54, 1.807) is 37.8 Å². The first-order valence-corrected chi connectivity index (χ1v) is 14.5. The van der Waals surface area contributed by atoms with Crippen LogP contribution in [-0.4, -0.2) is 85.1 Å². The summed E-state index contributed by atoms with van der Waals surface area (Å²) < 4.78 is 40.6. The number of likely N-dealkylation sites (tertiary alicyclic amines) is 2. The van der Waals surface area contributed by atoms with E-state index in [0.717, 1.165) is 18.4 Å². The molecule has 38 heavy (non-hydrogen) atoms. The van der Waals surface area contributed by atoms with Crippen LogP contribution in [0.4, 0.5) is 9.59 Å². The molecule has 3 rings (SSSR count). The van der Waals surface area contributed by atoms with Crippen molar-refractivity contribution in [2.75, 3.05) is 26.2 Å². The number of hydrogen-bond donors (Lipinski definition) is 1. The SMILES string of the molecule is CC(C)(C)OC(=O)N1CCCC(O)C1.Cc1ccc(S(=O)(=O)OC2CCCN(C(=O)OC(C)(C)C)C2)cc1. The quantitative estimate of drug-likeness (QED) is 0.541. The minimum atomic E-state index is -3.84. The van der Waals surface area contributed by atoms with Crippen LogP contribution in [0.1, 0.15) is 72.8 Å². The number of rotatable bonds is 3. The highest BCUT2D eigenvalue weighted by atomic mass is 32.2. The monoisotopic (exact) mass is 556 g/mol. The highest BCUT2D eigenvalue weighted by molar-refractivity contribution is 7.86. The summed E-state index contributed by atoms with van der Waals surface area (Å²) in [6.45, 7) is 14.6. The van der Waals surface area contributed by atoms with E-state index in [2.05, 4.69) is 0 Å². The first kappa shape index (κ1) is 31.8. The van der Waals surface area contributed by atoms with Gasteiger partial charge in [0, 0.05) is 19.6 Å². The number of aryl methyl sites for hydroxylation is 1. The van der Waals surface area contributed by atoms with E-state index >= 15 is 0 Å². The Morgan fingerprint density at radius 2 is 1.32 bits per heavy atom. The van der Waals surface area contributed by atoms with Gasteiger partial charge >= 0.3 is 12.2 Å². The molecule has 1 aromatic rings. The van der Waals surface area contributed by atoms with Crippen molar-refractivity contribution in [1.29, 1.82) is 0 Å². The molecule has 0 aliphatic carbocycles. The molecular weight excluding hydrogens is 512 g/mol. The van der Waals surface area contributed by atoms with Crippen LogP contribution in [0.5, 0.6) is 0 Å². The van der Waals surface area contributed by atoms with Crippen molar-refractivity contribution < 1.29 is 36.8 Å². The second-order valence-corrected chi connectivity index (χ2v) is 13.3. The van der Waals surface area contributed by atoms with Gasteiger partial charge in [-0.25, -0.2) is 9.59 Å². The van der Waals surface area contributed by atoms with Crippen molar-refractivity contribution in [3.8, 4) is 0 Å². The summed E-state index contributed by atoms with van der Waals surface area (Å²) in [4.78, 5) is 26.9. The Morgan fingerprint density at radius 3 is 1.79 bits per heavy atom. The Bertz CT molecular complexity index is 1030. The average Bonchev–Trinajstić information content (AvgIpc) is 2.77. The van der Waals surface area contributed by atoms with Crippen molar-refractivity contribution >= 4 is 22.3 Å². The molecule has 2 fully saturated rings. The maximum absolute atomic E-state index is 12.4. The highest BCUT2D eigenvalue weighted by Crippen LogP contribution is 2.22. The molecule has 0 radical (unpaired) electrons. The van der Waals surface area contributed by atoms with Gasteiger partial charge in [0.15, 0.2) is 0 Å². The molecule has 2 saturated heterocycles. The summed E-state index contributed by atoms with van der Waals surface area (Å²) in [6, 6.07) is 6.51. The molecule has 11 heteroatoms. The average molecular weight is 557 g/mol. The smallest absolute Gasteiger partial charge is 0.410 e. The number of hydrogen-bond acceptors (Lipinski definition) is 8. The molecule has 0 aromatic heterocycles. The van der Waals surface area contributed by atoms with Gasteiger partial charge in [0.1, 0.15) is 11.2 Å². The normalized spacial score (nSPS) is 20.7. The third-order valence-electron chi connectivity index (χ3n) is 5.65. The van der Waals surface area contributed by atoms with E-state index in [1.807, 2.05) is 27.7 Å². The highest BCUT2D eigenvalue weighted by Gasteiger charge is 2.31. The van der Waals surface area contributed by atoms with Crippen molar-refractivity contribution in [1.82, 2.24) is 9.80 Å². The first-order chi connectivity index (χ1) is 17.4. The summed E-state index contributed by atoms with van der Waals surface area (Å²) in [7, 11) is -3.84. The molecule has 10 nitrogen and oxygen atoms in total. The lowest BCUT2D eigenvalue weighted by Gasteiger charge is -2.33. The molecule has 2 aliphatic heterocycles. The molecule has 2 aliphatic rings. The van der Waals surface area contributed by atoms with Gasteiger partial charge in [-0.3, -0.25) is 4.18 Å². The number of amides is 2. The van der Waals surface area contributed by atoms with Gasteiger partial charge in [-0.15, -0.1) is 0 Å². The number of carbonyl (C=O) groups is 2. The number of nitrogens with zero attached hydrogens (tertiary/aromatic N) is 2. The molecule has 2 amide bonds. The lowest BCUT2D eigenvalue weighted by molar-refractivity contribution is 0.00385. The maximum Gasteiger partial charge on any atom is 0.410 e. The number of aliphatic hydroxyl groups is 1. The van der Waals surface area contributed by atoms with Gasteiger partial charge in [0.25, 0.3) is 10.1 Å². The summed E-state index contributed by atoms with van der Waals surface area (Å²) in [6.07, 6.45) is 1.17. The predicted octanol–water partition coefficient (Wildman–Crippen LogP) is 4.48. The van der Waals surface area contributed by atoms with Gasteiger partial charge < -0.3 is 24.4 Å². The van der Waals surface area contributed by atoms with Crippen molar-refractivity contribution in [3.63, 3.8) is 0 Å². The van der Waals surface area contributed by atoms with Crippen molar-refractivity contribution in [2.24, 2.45) is 0 Å². The topological polar surface area (TPSA) is 123 Å². The van der Waals surface area contributed by atoms with Gasteiger partial charge in [0.05, 0.1) is 23.6 Å². The van der Waals surface area contributed by atoms with Crippen LogP contribution in [-0.2, 0) is 23.8 Å². The lowest BCUT2D eigenvalue weighted by atomic mass is 10.1. The maximum atomic E-state index is 12.4. The molecule has 0 bridgehead atoms. The fraction of sp³-hybridized carbons (Fsp3) is 0.704. The molecular formula is C27H44N2O8S. The number of aliphatic hydroxyl groups excluding tert-OH is 1. The minimum absolute atomic E-state index is 0.127. The molecule has 2 unspecified atom stereocenters. The molecule has 2 heterocycles. The van der Waals surface area contributed by atoms with Crippen LogP contribution in [0.3, 0.4) is 0 Å². The number of piperidine rings is 2. The Hall–Kier alpha value is -2.37. The predicted molar refractivity (Wildman–Crippen MR) is 143 cm³/mol. The molecule has 1 aromatic carbocycles. The molecule has 216 valence electrons. The van der Waals surface area contributed by atoms with Gasteiger partial charge in [-0.1, -0.05) is 17.7 Å². The van der Waals surface area contributed by atoms with E-state index in [0.29, 0.717) is 32.5 Å². The fourth-order valence-corrected chi connectivity index (χ4v) is 4.99. The van der Waals surface area contributed by atoms with Crippen LogP contribution < -0.4 is 0 Å². The van der Waals surface area contributed by atoms with Crippen LogP contribution in [0.15, 0.2) is 29.2 Å². The third kappa shape index (κ3) is 11.2. The van der Waals surface area contributed by atoms with E-state index < -0.39 is 39.6 Å². The second-order valence-electron chi connectivity index (χ2n) is 11.8. The summed E-state index contributed by atoms with van der Waals surface area (Å²) >= 11 is 0. The molecule has 1 N–H and O–H groups in total. The first-order valence-electron chi connectivity index (χ1n) is 13.1. The molecule has 0 saturated carbocycles. The third-order valence-corrected chi connectivity index (χ3v) is 7.03. The van der Waals surface area contributed by atoms with E-state index in [-0.39, 0.29) is 17.5 Å². The van der Waals surface area contributed by atoms with Crippen LogP contribution in [0.2, 0.25) is 0 Å². The van der Waals surface area contributed by atoms with Gasteiger partial charge in [-0.2, -0.15) is 8.42 Å². The lowest BCUT2D eigenvalue weighted by Crippen LogP contribution is -2.45. The molecule has 0 spiro atoms. The minimum Gasteiger partial charge on any atom is -0.444 e. The largest absolute Gasteiger partial charge is 0.444 e. The Balaban J connectivity index is 0.000000308. The Labute approximate surface area is 227 Å². The van der Waals surface area contributed by atoms with Crippen LogP contribution >= 0.6 is 0 Å². The fourth-order valence-electron chi connectivity index (χ4n) is 3.90. The zero-order valence-corrected chi connectivity index (χ0v) is 24.5. The van der Waals surface area contributed by atoms with Crippen LogP contribution in [0.25, 0.3) is 0 Å². The number of ether oxygens (including phenoxy) is 2. The number of carbonyl (C=O) groups excluding carboxylic acids is 2. The van der Waals surface area contributed by atoms with E-state index in [4.69, 9.17) is 13.7 Å². The van der Waals surface area contributed by atoms with Crippen molar-refractivity contribution in [2.45, 2.75) is 102 Å².